The standard InChI is InChI=1S/C19H16F3NO3/c20-19(21,22)16-4-2-1-3-15(16)14-9-10-23(11-14)17(24)12-5-7-13(8-6-12)18(25)26/h1-8,14H,9-11H2,(H,25,26). The molecule has 1 amide bonds. The van der Waals surface area contributed by atoms with Crippen LogP contribution in [0.3, 0.4) is 0 Å². The van der Waals surface area contributed by atoms with E-state index in [1.54, 1.807) is 6.07 Å². The van der Waals surface area contributed by atoms with E-state index in [0.717, 1.165) is 6.07 Å². The van der Waals surface area contributed by atoms with Gasteiger partial charge in [-0.1, -0.05) is 18.2 Å². The number of alkyl halides is 3. The molecular weight excluding hydrogens is 347 g/mol. The molecule has 1 aliphatic rings. The van der Waals surface area contributed by atoms with E-state index in [4.69, 9.17) is 5.11 Å². The first-order valence-electron chi connectivity index (χ1n) is 8.06. The second-order valence-electron chi connectivity index (χ2n) is 6.20. The Bertz CT molecular complexity index is 831. The van der Waals surface area contributed by atoms with Gasteiger partial charge in [0.2, 0.25) is 0 Å². The molecule has 1 N–H and O–H groups in total. The van der Waals surface area contributed by atoms with E-state index in [0.29, 0.717) is 18.5 Å². The molecule has 1 heterocycles. The van der Waals surface area contributed by atoms with Gasteiger partial charge >= 0.3 is 12.1 Å². The molecular formula is C19H16F3NO3. The van der Waals surface area contributed by atoms with Gasteiger partial charge in [0.25, 0.3) is 5.91 Å². The molecule has 0 aromatic heterocycles. The van der Waals surface area contributed by atoms with Crippen LogP contribution in [0, 0.1) is 0 Å². The molecule has 0 spiro atoms. The summed E-state index contributed by atoms with van der Waals surface area (Å²) >= 11 is 0. The van der Waals surface area contributed by atoms with Gasteiger partial charge in [-0.3, -0.25) is 4.79 Å². The number of carbonyl (C=O) groups is 2. The van der Waals surface area contributed by atoms with Crippen molar-refractivity contribution in [2.24, 2.45) is 0 Å². The van der Waals surface area contributed by atoms with Gasteiger partial charge in [0.05, 0.1) is 11.1 Å². The number of carboxylic acids is 1. The summed E-state index contributed by atoms with van der Waals surface area (Å²) in [5, 5.41) is 8.89. The molecule has 3 rings (SSSR count). The van der Waals surface area contributed by atoms with Crippen molar-refractivity contribution in [3.8, 4) is 0 Å². The first-order chi connectivity index (χ1) is 12.3. The number of aromatic carboxylic acids is 1. The largest absolute Gasteiger partial charge is 0.478 e. The van der Waals surface area contributed by atoms with E-state index in [1.807, 2.05) is 0 Å². The van der Waals surface area contributed by atoms with Crippen LogP contribution in [0.5, 0.6) is 0 Å². The van der Waals surface area contributed by atoms with Crippen molar-refractivity contribution in [3.63, 3.8) is 0 Å². The molecule has 1 aliphatic heterocycles. The topological polar surface area (TPSA) is 57.6 Å². The van der Waals surface area contributed by atoms with Crippen molar-refractivity contribution in [3.05, 3.63) is 70.8 Å². The number of hydrogen-bond acceptors (Lipinski definition) is 2. The predicted octanol–water partition coefficient (Wildman–Crippen LogP) is 4.03. The number of carboxylic acid groups (broad SMARTS) is 1. The lowest BCUT2D eigenvalue weighted by molar-refractivity contribution is -0.138. The first kappa shape index (κ1) is 18.0. The number of nitrogens with zero attached hydrogens (tertiary/aromatic N) is 1. The fraction of sp³-hybridized carbons (Fsp3) is 0.263. The third-order valence-electron chi connectivity index (χ3n) is 4.56. The fourth-order valence-corrected chi connectivity index (χ4v) is 3.25. The van der Waals surface area contributed by atoms with E-state index in [9.17, 15) is 22.8 Å². The smallest absolute Gasteiger partial charge is 0.416 e. The molecule has 1 fully saturated rings. The van der Waals surface area contributed by atoms with Crippen LogP contribution in [0.2, 0.25) is 0 Å². The minimum atomic E-state index is -4.43. The van der Waals surface area contributed by atoms with Gasteiger partial charge < -0.3 is 10.0 Å². The summed E-state index contributed by atoms with van der Waals surface area (Å²) < 4.78 is 39.6. The van der Waals surface area contributed by atoms with Crippen LogP contribution in [0.1, 0.15) is 44.2 Å². The Morgan fingerprint density at radius 2 is 1.62 bits per heavy atom. The zero-order valence-electron chi connectivity index (χ0n) is 13.7. The van der Waals surface area contributed by atoms with Crippen molar-refractivity contribution in [2.75, 3.05) is 13.1 Å². The lowest BCUT2D eigenvalue weighted by Crippen LogP contribution is -2.28. The molecule has 1 saturated heterocycles. The van der Waals surface area contributed by atoms with Gasteiger partial charge in [0.1, 0.15) is 0 Å². The Kier molecular flexibility index (Phi) is 4.71. The van der Waals surface area contributed by atoms with Gasteiger partial charge in [0.15, 0.2) is 0 Å². The zero-order chi connectivity index (χ0) is 18.9. The van der Waals surface area contributed by atoms with Crippen LogP contribution >= 0.6 is 0 Å². The third kappa shape index (κ3) is 3.56. The summed E-state index contributed by atoms with van der Waals surface area (Å²) in [6.45, 7) is 0.559. The number of hydrogen-bond donors (Lipinski definition) is 1. The van der Waals surface area contributed by atoms with E-state index >= 15 is 0 Å². The summed E-state index contributed by atoms with van der Waals surface area (Å²) in [4.78, 5) is 24.9. The molecule has 0 bridgehead atoms. The Hall–Kier alpha value is -2.83. The van der Waals surface area contributed by atoms with Crippen molar-refractivity contribution in [2.45, 2.75) is 18.5 Å². The summed E-state index contributed by atoms with van der Waals surface area (Å²) in [6, 6.07) is 11.0. The second kappa shape index (κ2) is 6.82. The Labute approximate surface area is 147 Å². The molecule has 0 saturated carbocycles. The molecule has 0 radical (unpaired) electrons. The highest BCUT2D eigenvalue weighted by Crippen LogP contribution is 2.38. The Morgan fingerprint density at radius 3 is 2.23 bits per heavy atom. The van der Waals surface area contributed by atoms with Crippen molar-refractivity contribution >= 4 is 11.9 Å². The van der Waals surface area contributed by atoms with Gasteiger partial charge in [0, 0.05) is 24.6 Å². The molecule has 4 nitrogen and oxygen atoms in total. The second-order valence-corrected chi connectivity index (χ2v) is 6.20. The number of amides is 1. The van der Waals surface area contributed by atoms with Crippen LogP contribution in [0.25, 0.3) is 0 Å². The number of rotatable bonds is 3. The highest BCUT2D eigenvalue weighted by molar-refractivity contribution is 5.96. The van der Waals surface area contributed by atoms with Gasteiger partial charge in [-0.15, -0.1) is 0 Å². The molecule has 1 atom stereocenters. The quantitative estimate of drug-likeness (QED) is 0.896. The molecule has 0 aliphatic carbocycles. The maximum absolute atomic E-state index is 13.2. The molecule has 7 heteroatoms. The Morgan fingerprint density at radius 1 is 1.00 bits per heavy atom. The van der Waals surface area contributed by atoms with E-state index in [2.05, 4.69) is 0 Å². The minimum Gasteiger partial charge on any atom is -0.478 e. The lowest BCUT2D eigenvalue weighted by atomic mass is 9.93. The van der Waals surface area contributed by atoms with Crippen molar-refractivity contribution in [1.29, 1.82) is 0 Å². The van der Waals surface area contributed by atoms with Crippen LogP contribution in [0.4, 0.5) is 13.2 Å². The zero-order valence-corrected chi connectivity index (χ0v) is 13.7. The maximum Gasteiger partial charge on any atom is 0.416 e. The number of carbonyl (C=O) groups excluding carboxylic acids is 1. The SMILES string of the molecule is O=C(O)c1ccc(C(=O)N2CCC(c3ccccc3C(F)(F)F)C2)cc1. The first-order valence-corrected chi connectivity index (χ1v) is 8.06. The monoisotopic (exact) mass is 363 g/mol. The maximum atomic E-state index is 13.2. The number of halogens is 3. The Balaban J connectivity index is 1.77. The average molecular weight is 363 g/mol. The van der Waals surface area contributed by atoms with Crippen LogP contribution in [0.15, 0.2) is 48.5 Å². The van der Waals surface area contributed by atoms with Gasteiger partial charge in [-0.25, -0.2) is 4.79 Å². The van der Waals surface area contributed by atoms with Crippen LogP contribution in [-0.2, 0) is 6.18 Å². The highest BCUT2D eigenvalue weighted by Gasteiger charge is 2.37. The van der Waals surface area contributed by atoms with Crippen molar-refractivity contribution < 1.29 is 27.9 Å². The minimum absolute atomic E-state index is 0.0694. The average Bonchev–Trinajstić information content (AvgIpc) is 3.10. The molecule has 1 unspecified atom stereocenters. The summed E-state index contributed by atoms with van der Waals surface area (Å²) in [5.74, 6) is -1.78. The third-order valence-corrected chi connectivity index (χ3v) is 4.56. The number of likely N-dealkylation sites (tertiary alicyclic amines) is 1. The summed E-state index contributed by atoms with van der Waals surface area (Å²) in [7, 11) is 0. The van der Waals surface area contributed by atoms with E-state index < -0.39 is 17.7 Å². The van der Waals surface area contributed by atoms with Gasteiger partial charge in [-0.2, -0.15) is 13.2 Å². The predicted molar refractivity (Wildman–Crippen MR) is 88.1 cm³/mol. The number of benzene rings is 2. The highest BCUT2D eigenvalue weighted by atomic mass is 19.4. The molecule has 2 aromatic carbocycles. The van der Waals surface area contributed by atoms with Crippen LogP contribution < -0.4 is 0 Å². The van der Waals surface area contributed by atoms with Crippen molar-refractivity contribution in [1.82, 2.24) is 4.90 Å². The lowest BCUT2D eigenvalue weighted by Gasteiger charge is -2.19. The molecule has 26 heavy (non-hydrogen) atoms. The summed E-state index contributed by atoms with van der Waals surface area (Å²) in [5.41, 5.74) is -0.0682. The molecule has 136 valence electrons. The van der Waals surface area contributed by atoms with E-state index in [1.165, 1.54) is 41.3 Å². The molecule has 2 aromatic rings. The van der Waals surface area contributed by atoms with E-state index in [-0.39, 0.29) is 29.5 Å². The van der Waals surface area contributed by atoms with Crippen LogP contribution in [-0.4, -0.2) is 35.0 Å². The normalized spacial score (nSPS) is 17.3. The fourth-order valence-electron chi connectivity index (χ4n) is 3.25. The summed E-state index contributed by atoms with van der Waals surface area (Å²) in [6.07, 6.45) is -3.98. The van der Waals surface area contributed by atoms with Gasteiger partial charge in [-0.05, 0) is 42.3 Å².